The molecule has 6 aromatic rings. The SMILES string of the molecule is O=C(CCCc1c(-c2ccc3ccccc3n2)[nH]c2ccc(F)cc12)Nc1ccc(Oc2ccccc2)cc1. The number of benzene rings is 4. The number of anilines is 1. The monoisotopic (exact) mass is 515 g/mol. The van der Waals surface area contributed by atoms with Crippen molar-refractivity contribution in [3.8, 4) is 22.9 Å². The number of pyridine rings is 1. The van der Waals surface area contributed by atoms with E-state index in [1.165, 1.54) is 6.07 Å². The van der Waals surface area contributed by atoms with Gasteiger partial charge in [-0.2, -0.15) is 0 Å². The van der Waals surface area contributed by atoms with E-state index in [9.17, 15) is 9.18 Å². The van der Waals surface area contributed by atoms with Gasteiger partial charge >= 0.3 is 0 Å². The highest BCUT2D eigenvalue weighted by molar-refractivity contribution is 5.92. The molecular weight excluding hydrogens is 489 g/mol. The molecule has 2 heterocycles. The van der Waals surface area contributed by atoms with Gasteiger partial charge in [0.1, 0.15) is 17.3 Å². The second kappa shape index (κ2) is 10.8. The number of aromatic amines is 1. The van der Waals surface area contributed by atoms with E-state index in [0.29, 0.717) is 30.7 Å². The van der Waals surface area contributed by atoms with E-state index < -0.39 is 0 Å². The van der Waals surface area contributed by atoms with E-state index in [-0.39, 0.29) is 11.7 Å². The van der Waals surface area contributed by atoms with Gasteiger partial charge in [0.25, 0.3) is 0 Å². The lowest BCUT2D eigenvalue weighted by Crippen LogP contribution is -2.11. The number of carbonyl (C=O) groups excluding carboxylic acids is 1. The molecule has 0 saturated carbocycles. The van der Waals surface area contributed by atoms with Crippen LogP contribution < -0.4 is 10.1 Å². The van der Waals surface area contributed by atoms with Gasteiger partial charge in [-0.1, -0.05) is 42.5 Å². The highest BCUT2D eigenvalue weighted by atomic mass is 19.1. The number of aromatic nitrogens is 2. The normalized spacial score (nSPS) is 11.1. The van der Waals surface area contributed by atoms with Crippen LogP contribution in [0.3, 0.4) is 0 Å². The van der Waals surface area contributed by atoms with Crippen LogP contribution in [0, 0.1) is 5.82 Å². The minimum absolute atomic E-state index is 0.0804. The lowest BCUT2D eigenvalue weighted by atomic mass is 10.0. The highest BCUT2D eigenvalue weighted by Gasteiger charge is 2.16. The van der Waals surface area contributed by atoms with Crippen molar-refractivity contribution in [1.29, 1.82) is 0 Å². The molecular formula is C33H26FN3O2. The van der Waals surface area contributed by atoms with Crippen molar-refractivity contribution in [2.24, 2.45) is 0 Å². The van der Waals surface area contributed by atoms with E-state index in [0.717, 1.165) is 44.5 Å². The Morgan fingerprint density at radius 1 is 0.846 bits per heavy atom. The van der Waals surface area contributed by atoms with Gasteiger partial charge in [0.15, 0.2) is 0 Å². The zero-order valence-corrected chi connectivity index (χ0v) is 21.2. The molecule has 2 aromatic heterocycles. The standard InChI is InChI=1S/C33H26FN3O2/c34-23-14-20-30-28(21-23)27(33(37-30)31-19-13-22-7-4-5-11-29(22)36-31)10-6-12-32(38)35-24-15-17-26(18-16-24)39-25-8-2-1-3-9-25/h1-5,7-9,11,13-21,37H,6,10,12H2,(H,35,38). The number of para-hydroxylation sites is 2. The maximum Gasteiger partial charge on any atom is 0.224 e. The number of nitrogens with zero attached hydrogens (tertiary/aromatic N) is 1. The second-order valence-corrected chi connectivity index (χ2v) is 9.40. The second-order valence-electron chi connectivity index (χ2n) is 9.40. The third kappa shape index (κ3) is 5.50. The fourth-order valence-electron chi connectivity index (χ4n) is 4.78. The Morgan fingerprint density at radius 2 is 1.62 bits per heavy atom. The number of amides is 1. The minimum atomic E-state index is -0.293. The molecule has 4 aromatic carbocycles. The topological polar surface area (TPSA) is 67.0 Å². The molecule has 0 aliphatic heterocycles. The molecule has 0 saturated heterocycles. The summed E-state index contributed by atoms with van der Waals surface area (Å²) in [5, 5.41) is 4.82. The molecule has 0 unspecified atom stereocenters. The molecule has 39 heavy (non-hydrogen) atoms. The van der Waals surface area contributed by atoms with Gasteiger partial charge in [-0.3, -0.25) is 4.79 Å². The van der Waals surface area contributed by atoms with E-state index >= 15 is 0 Å². The Labute approximate surface area is 225 Å². The fraction of sp³-hybridized carbons (Fsp3) is 0.0909. The van der Waals surface area contributed by atoms with Crippen molar-refractivity contribution >= 4 is 33.4 Å². The molecule has 1 amide bonds. The molecule has 0 radical (unpaired) electrons. The molecule has 5 nitrogen and oxygen atoms in total. The lowest BCUT2D eigenvalue weighted by Gasteiger charge is -2.09. The number of H-pyrrole nitrogens is 1. The molecule has 0 spiro atoms. The van der Waals surface area contributed by atoms with Gasteiger partial charge in [-0.15, -0.1) is 0 Å². The maximum absolute atomic E-state index is 14.2. The lowest BCUT2D eigenvalue weighted by molar-refractivity contribution is -0.116. The van der Waals surface area contributed by atoms with Gasteiger partial charge < -0.3 is 15.0 Å². The number of aryl methyl sites for hydroxylation is 1. The van der Waals surface area contributed by atoms with Crippen LogP contribution in [0.1, 0.15) is 18.4 Å². The number of hydrogen-bond donors (Lipinski definition) is 2. The molecule has 0 atom stereocenters. The van der Waals surface area contributed by atoms with Gasteiger partial charge in [0.2, 0.25) is 5.91 Å². The van der Waals surface area contributed by atoms with Crippen LogP contribution in [0.4, 0.5) is 10.1 Å². The first-order chi connectivity index (χ1) is 19.1. The summed E-state index contributed by atoms with van der Waals surface area (Å²) < 4.78 is 20.0. The predicted molar refractivity (Wildman–Crippen MR) is 154 cm³/mol. The van der Waals surface area contributed by atoms with Gasteiger partial charge in [-0.25, -0.2) is 9.37 Å². The van der Waals surface area contributed by atoms with Crippen molar-refractivity contribution in [2.75, 3.05) is 5.32 Å². The summed E-state index contributed by atoms with van der Waals surface area (Å²) in [6.45, 7) is 0. The summed E-state index contributed by atoms with van der Waals surface area (Å²) in [6.07, 6.45) is 1.53. The minimum Gasteiger partial charge on any atom is -0.457 e. The van der Waals surface area contributed by atoms with Crippen LogP contribution >= 0.6 is 0 Å². The van der Waals surface area contributed by atoms with Gasteiger partial charge in [-0.05, 0) is 85.1 Å². The van der Waals surface area contributed by atoms with Crippen molar-refractivity contribution in [2.45, 2.75) is 19.3 Å². The first-order valence-electron chi connectivity index (χ1n) is 12.9. The van der Waals surface area contributed by atoms with Crippen molar-refractivity contribution in [3.63, 3.8) is 0 Å². The highest BCUT2D eigenvalue weighted by Crippen LogP contribution is 2.32. The number of halogens is 1. The maximum atomic E-state index is 14.2. The summed E-state index contributed by atoms with van der Waals surface area (Å²) in [4.78, 5) is 21.0. The number of carbonyl (C=O) groups is 1. The van der Waals surface area contributed by atoms with Crippen molar-refractivity contribution in [1.82, 2.24) is 9.97 Å². The average molecular weight is 516 g/mol. The van der Waals surface area contributed by atoms with Crippen LogP contribution in [-0.2, 0) is 11.2 Å². The smallest absolute Gasteiger partial charge is 0.224 e. The zero-order valence-electron chi connectivity index (χ0n) is 21.2. The van der Waals surface area contributed by atoms with Crippen LogP contribution in [0.25, 0.3) is 33.2 Å². The fourth-order valence-corrected chi connectivity index (χ4v) is 4.78. The third-order valence-electron chi connectivity index (χ3n) is 6.67. The first kappa shape index (κ1) is 24.4. The molecule has 0 fully saturated rings. The summed E-state index contributed by atoms with van der Waals surface area (Å²) in [5.41, 5.74) is 5.06. The summed E-state index contributed by atoms with van der Waals surface area (Å²) in [6, 6.07) is 33.5. The van der Waals surface area contributed by atoms with Gasteiger partial charge in [0, 0.05) is 28.4 Å². The quantitative estimate of drug-likeness (QED) is 0.214. The predicted octanol–water partition coefficient (Wildman–Crippen LogP) is 8.28. The molecule has 6 rings (SSSR count). The summed E-state index contributed by atoms with van der Waals surface area (Å²) in [5.74, 6) is 1.08. The Hall–Kier alpha value is -4.97. The summed E-state index contributed by atoms with van der Waals surface area (Å²) >= 11 is 0. The third-order valence-corrected chi connectivity index (χ3v) is 6.67. The van der Waals surface area contributed by atoms with Crippen LogP contribution in [0.15, 0.2) is 109 Å². The molecule has 0 bridgehead atoms. The summed E-state index contributed by atoms with van der Waals surface area (Å²) in [7, 11) is 0. The average Bonchev–Trinajstić information content (AvgIpc) is 3.32. The van der Waals surface area contributed by atoms with Crippen molar-refractivity contribution in [3.05, 3.63) is 121 Å². The molecule has 2 N–H and O–H groups in total. The Kier molecular flexibility index (Phi) is 6.75. The molecule has 6 heteroatoms. The molecule has 0 aliphatic rings. The number of rotatable bonds is 8. The van der Waals surface area contributed by atoms with E-state index in [1.54, 1.807) is 12.1 Å². The van der Waals surface area contributed by atoms with E-state index in [4.69, 9.17) is 9.72 Å². The Bertz CT molecular complexity index is 1760. The first-order valence-corrected chi connectivity index (χ1v) is 12.9. The molecule has 0 aliphatic carbocycles. The number of hydrogen-bond acceptors (Lipinski definition) is 3. The van der Waals surface area contributed by atoms with Crippen LogP contribution in [-0.4, -0.2) is 15.9 Å². The Balaban J connectivity index is 1.15. The van der Waals surface area contributed by atoms with Gasteiger partial charge in [0.05, 0.1) is 16.9 Å². The number of fused-ring (bicyclic) bond motifs is 2. The largest absolute Gasteiger partial charge is 0.457 e. The zero-order chi connectivity index (χ0) is 26.6. The van der Waals surface area contributed by atoms with Crippen LogP contribution in [0.2, 0.25) is 0 Å². The van der Waals surface area contributed by atoms with E-state index in [1.807, 2.05) is 91.0 Å². The number of nitrogens with one attached hydrogen (secondary N) is 2. The van der Waals surface area contributed by atoms with E-state index in [2.05, 4.69) is 10.3 Å². The number of ether oxygens (including phenoxy) is 1. The van der Waals surface area contributed by atoms with Crippen LogP contribution in [0.5, 0.6) is 11.5 Å². The van der Waals surface area contributed by atoms with Crippen molar-refractivity contribution < 1.29 is 13.9 Å². The molecule has 192 valence electrons. The Morgan fingerprint density at radius 3 is 2.46 bits per heavy atom.